The molecule has 0 saturated heterocycles. The molecule has 2 nitrogen and oxygen atoms in total. The molecular weight excluding hydrogens is 203 g/mol. The molecule has 14 heavy (non-hydrogen) atoms. The maximum absolute atomic E-state index is 12.6. The summed E-state index contributed by atoms with van der Waals surface area (Å²) in [5, 5.41) is -0.801. The van der Waals surface area contributed by atoms with Gasteiger partial charge in [0, 0.05) is 5.92 Å². The Hall–Kier alpha value is -0.900. The molecule has 1 fully saturated rings. The van der Waals surface area contributed by atoms with Crippen molar-refractivity contribution in [2.24, 2.45) is 0 Å². The molecule has 1 aliphatic rings. The summed E-state index contributed by atoms with van der Waals surface area (Å²) in [5.41, 5.74) is 2.04. The standard InChI is InChI=1S/C10H11FO2S/c1-7-2-4-8(5-3-7)9-6-10(9)14(11,12)13/h2-5,9-10H,6H2,1H3/t9-,10+/m0/s1. The lowest BCUT2D eigenvalue weighted by Gasteiger charge is -1.98. The first-order chi connectivity index (χ1) is 6.48. The van der Waals surface area contributed by atoms with E-state index in [1.165, 1.54) is 0 Å². The van der Waals surface area contributed by atoms with Crippen LogP contribution in [0.5, 0.6) is 0 Å². The van der Waals surface area contributed by atoms with Crippen molar-refractivity contribution in [3.8, 4) is 0 Å². The fourth-order valence-corrected chi connectivity index (χ4v) is 2.63. The molecule has 1 aromatic rings. The Labute approximate surface area is 83.0 Å². The first-order valence-corrected chi connectivity index (χ1v) is 5.93. The van der Waals surface area contributed by atoms with Gasteiger partial charge in [-0.25, -0.2) is 0 Å². The highest BCUT2D eigenvalue weighted by Crippen LogP contribution is 2.46. The van der Waals surface area contributed by atoms with E-state index in [0.29, 0.717) is 6.42 Å². The fourth-order valence-electron chi connectivity index (χ4n) is 1.65. The van der Waals surface area contributed by atoms with Gasteiger partial charge in [0.15, 0.2) is 0 Å². The Kier molecular flexibility index (Phi) is 2.10. The second kappa shape index (κ2) is 3.05. The largest absolute Gasteiger partial charge is 0.305 e. The molecule has 4 heteroatoms. The van der Waals surface area contributed by atoms with Crippen LogP contribution in [-0.2, 0) is 10.2 Å². The SMILES string of the molecule is Cc1ccc([C@@H]2C[C@H]2S(=O)(=O)F)cc1. The second-order valence-electron chi connectivity index (χ2n) is 3.77. The number of halogens is 1. The highest BCUT2D eigenvalue weighted by Gasteiger charge is 2.48. The average Bonchev–Trinajstić information content (AvgIpc) is 2.83. The maximum atomic E-state index is 12.6. The molecule has 0 spiro atoms. The Morgan fingerprint density at radius 3 is 2.29 bits per heavy atom. The Balaban J connectivity index is 2.18. The maximum Gasteiger partial charge on any atom is 0.305 e. The van der Waals surface area contributed by atoms with Gasteiger partial charge >= 0.3 is 10.2 Å². The second-order valence-corrected chi connectivity index (χ2v) is 5.32. The zero-order valence-electron chi connectivity index (χ0n) is 7.77. The van der Waals surface area contributed by atoms with Gasteiger partial charge in [0.1, 0.15) is 0 Å². The normalized spacial score (nSPS) is 26.1. The first-order valence-electron chi connectivity index (χ1n) is 4.48. The molecule has 0 amide bonds. The van der Waals surface area contributed by atoms with Gasteiger partial charge in [0.2, 0.25) is 0 Å². The van der Waals surface area contributed by atoms with Crippen molar-refractivity contribution in [3.05, 3.63) is 35.4 Å². The monoisotopic (exact) mass is 214 g/mol. The van der Waals surface area contributed by atoms with Crippen LogP contribution in [0.25, 0.3) is 0 Å². The quantitative estimate of drug-likeness (QED) is 0.707. The van der Waals surface area contributed by atoms with E-state index >= 15 is 0 Å². The van der Waals surface area contributed by atoms with Crippen LogP contribution in [-0.4, -0.2) is 13.7 Å². The van der Waals surface area contributed by atoms with Crippen molar-refractivity contribution >= 4 is 10.2 Å². The third-order valence-corrected chi connectivity index (χ3v) is 3.84. The molecule has 2 rings (SSSR count). The summed E-state index contributed by atoms with van der Waals surface area (Å²) in [7, 11) is -4.34. The summed E-state index contributed by atoms with van der Waals surface area (Å²) >= 11 is 0. The minimum atomic E-state index is -4.34. The summed E-state index contributed by atoms with van der Waals surface area (Å²) in [6.07, 6.45) is 0.419. The van der Waals surface area contributed by atoms with E-state index in [2.05, 4.69) is 0 Å². The number of rotatable bonds is 2. The Morgan fingerprint density at radius 2 is 1.86 bits per heavy atom. The van der Waals surface area contributed by atoms with Gasteiger partial charge in [0.25, 0.3) is 0 Å². The van der Waals surface area contributed by atoms with Crippen molar-refractivity contribution in [2.75, 3.05) is 0 Å². The van der Waals surface area contributed by atoms with Crippen LogP contribution < -0.4 is 0 Å². The summed E-state index contributed by atoms with van der Waals surface area (Å²) in [6, 6.07) is 7.56. The summed E-state index contributed by atoms with van der Waals surface area (Å²) in [5.74, 6) is -0.134. The minimum Gasteiger partial charge on any atom is -0.195 e. The lowest BCUT2D eigenvalue weighted by molar-refractivity contribution is 0.549. The van der Waals surface area contributed by atoms with Crippen LogP contribution >= 0.6 is 0 Å². The molecule has 1 aromatic carbocycles. The zero-order chi connectivity index (χ0) is 10.3. The predicted molar refractivity (Wildman–Crippen MR) is 52.4 cm³/mol. The Bertz CT molecular complexity index is 436. The fraction of sp³-hybridized carbons (Fsp3) is 0.400. The van der Waals surface area contributed by atoms with Crippen LogP contribution in [0.4, 0.5) is 3.89 Å². The lowest BCUT2D eigenvalue weighted by Crippen LogP contribution is -2.00. The molecule has 0 radical (unpaired) electrons. The Morgan fingerprint density at radius 1 is 1.29 bits per heavy atom. The van der Waals surface area contributed by atoms with Crippen molar-refractivity contribution in [3.63, 3.8) is 0 Å². The van der Waals surface area contributed by atoms with Gasteiger partial charge in [-0.05, 0) is 18.9 Å². The molecule has 0 N–H and O–H groups in total. The number of aryl methyl sites for hydroxylation is 1. The van der Waals surface area contributed by atoms with Gasteiger partial charge in [0.05, 0.1) is 5.25 Å². The zero-order valence-corrected chi connectivity index (χ0v) is 8.59. The van der Waals surface area contributed by atoms with Crippen LogP contribution in [0.15, 0.2) is 24.3 Å². The highest BCUT2D eigenvalue weighted by atomic mass is 32.3. The van der Waals surface area contributed by atoms with Crippen molar-refractivity contribution < 1.29 is 12.3 Å². The lowest BCUT2D eigenvalue weighted by atomic mass is 10.1. The molecular formula is C10H11FO2S. The topological polar surface area (TPSA) is 34.1 Å². The predicted octanol–water partition coefficient (Wildman–Crippen LogP) is 2.15. The van der Waals surface area contributed by atoms with Crippen molar-refractivity contribution in [1.29, 1.82) is 0 Å². The van der Waals surface area contributed by atoms with Gasteiger partial charge in [-0.2, -0.15) is 8.42 Å². The van der Waals surface area contributed by atoms with Crippen LogP contribution in [0.3, 0.4) is 0 Å². The van der Waals surface area contributed by atoms with Gasteiger partial charge in [-0.1, -0.05) is 29.8 Å². The summed E-state index contributed by atoms with van der Waals surface area (Å²) in [4.78, 5) is 0. The van der Waals surface area contributed by atoms with E-state index in [0.717, 1.165) is 11.1 Å². The molecule has 0 heterocycles. The molecule has 2 atom stereocenters. The molecule has 1 saturated carbocycles. The smallest absolute Gasteiger partial charge is 0.195 e. The average molecular weight is 214 g/mol. The van der Waals surface area contributed by atoms with Crippen molar-refractivity contribution in [2.45, 2.75) is 24.5 Å². The number of benzene rings is 1. The molecule has 0 aromatic heterocycles. The molecule has 0 unspecified atom stereocenters. The van der Waals surface area contributed by atoms with Crippen LogP contribution in [0.1, 0.15) is 23.5 Å². The van der Waals surface area contributed by atoms with E-state index < -0.39 is 15.5 Å². The summed E-state index contributed by atoms with van der Waals surface area (Å²) in [6.45, 7) is 1.96. The molecule has 0 aliphatic heterocycles. The minimum absolute atomic E-state index is 0.134. The van der Waals surface area contributed by atoms with Crippen molar-refractivity contribution in [1.82, 2.24) is 0 Å². The number of hydrogen-bond acceptors (Lipinski definition) is 2. The highest BCUT2D eigenvalue weighted by molar-refractivity contribution is 7.87. The third kappa shape index (κ3) is 1.80. The third-order valence-electron chi connectivity index (χ3n) is 2.60. The summed E-state index contributed by atoms with van der Waals surface area (Å²) < 4.78 is 33.7. The van der Waals surface area contributed by atoms with E-state index in [1.807, 2.05) is 31.2 Å². The van der Waals surface area contributed by atoms with Crippen LogP contribution in [0.2, 0.25) is 0 Å². The van der Waals surface area contributed by atoms with Gasteiger partial charge < -0.3 is 0 Å². The number of hydrogen-bond donors (Lipinski definition) is 0. The van der Waals surface area contributed by atoms with E-state index in [-0.39, 0.29) is 5.92 Å². The molecule has 0 bridgehead atoms. The molecule has 76 valence electrons. The van der Waals surface area contributed by atoms with Gasteiger partial charge in [-0.15, -0.1) is 3.89 Å². The van der Waals surface area contributed by atoms with E-state index in [4.69, 9.17) is 0 Å². The van der Waals surface area contributed by atoms with Crippen LogP contribution in [0, 0.1) is 6.92 Å². The first kappa shape index (κ1) is 9.65. The van der Waals surface area contributed by atoms with E-state index in [9.17, 15) is 12.3 Å². The molecule has 1 aliphatic carbocycles. The van der Waals surface area contributed by atoms with E-state index in [1.54, 1.807) is 0 Å². The van der Waals surface area contributed by atoms with Gasteiger partial charge in [-0.3, -0.25) is 0 Å².